The van der Waals surface area contributed by atoms with Gasteiger partial charge in [-0.25, -0.2) is 0 Å². The van der Waals surface area contributed by atoms with Crippen molar-refractivity contribution in [3.05, 3.63) is 51.9 Å². The number of hydrogen-bond acceptors (Lipinski definition) is 3. The molecule has 0 fully saturated rings. The molecule has 0 atom stereocenters. The van der Waals surface area contributed by atoms with Crippen LogP contribution in [-0.4, -0.2) is 18.9 Å². The van der Waals surface area contributed by atoms with Crippen molar-refractivity contribution >= 4 is 28.2 Å². The number of benzene rings is 1. The number of aryl methyl sites for hydroxylation is 1. The van der Waals surface area contributed by atoms with Crippen LogP contribution >= 0.6 is 11.3 Å². The summed E-state index contributed by atoms with van der Waals surface area (Å²) in [7, 11) is 1.63. The predicted molar refractivity (Wildman–Crippen MR) is 93.4 cm³/mol. The summed E-state index contributed by atoms with van der Waals surface area (Å²) in [5, 5.41) is 6.32. The first-order valence-corrected chi connectivity index (χ1v) is 8.75. The molecule has 0 unspecified atom stereocenters. The van der Waals surface area contributed by atoms with Crippen molar-refractivity contribution < 1.29 is 9.59 Å². The first kappa shape index (κ1) is 15.7. The highest BCUT2D eigenvalue weighted by atomic mass is 32.1. The largest absolute Gasteiger partial charge is 0.355 e. The third-order valence-electron chi connectivity index (χ3n) is 4.14. The molecule has 0 spiro atoms. The van der Waals surface area contributed by atoms with E-state index in [0.717, 1.165) is 31.2 Å². The Morgan fingerprint density at radius 2 is 1.74 bits per heavy atom. The maximum Gasteiger partial charge on any atom is 0.256 e. The van der Waals surface area contributed by atoms with Gasteiger partial charge in [-0.05, 0) is 43.4 Å². The minimum Gasteiger partial charge on any atom is -0.355 e. The zero-order chi connectivity index (χ0) is 16.2. The number of hydrogen-bond donors (Lipinski definition) is 2. The molecule has 0 bridgehead atoms. The lowest BCUT2D eigenvalue weighted by molar-refractivity contribution is 0.0963. The van der Waals surface area contributed by atoms with Gasteiger partial charge in [-0.2, -0.15) is 0 Å². The van der Waals surface area contributed by atoms with Gasteiger partial charge < -0.3 is 10.6 Å². The van der Waals surface area contributed by atoms with Gasteiger partial charge in [0.05, 0.1) is 5.56 Å². The number of carbonyl (C=O) groups excluding carboxylic acids is 2. The van der Waals surface area contributed by atoms with Crippen LogP contribution in [0.25, 0.3) is 0 Å². The van der Waals surface area contributed by atoms with Crippen LogP contribution < -0.4 is 10.6 Å². The Bertz CT molecular complexity index is 722. The number of carbonyl (C=O) groups is 2. The lowest BCUT2D eigenvalue weighted by Crippen LogP contribution is -2.21. The van der Waals surface area contributed by atoms with Gasteiger partial charge in [-0.15, -0.1) is 11.3 Å². The molecule has 120 valence electrons. The van der Waals surface area contributed by atoms with E-state index in [1.807, 2.05) is 18.2 Å². The molecule has 23 heavy (non-hydrogen) atoms. The van der Waals surface area contributed by atoms with Gasteiger partial charge in [0.25, 0.3) is 11.8 Å². The molecule has 3 rings (SSSR count). The Balaban J connectivity index is 1.95. The summed E-state index contributed by atoms with van der Waals surface area (Å²) in [6.45, 7) is 0. The van der Waals surface area contributed by atoms with Gasteiger partial charge in [0.2, 0.25) is 0 Å². The average molecular weight is 328 g/mol. The lowest BCUT2D eigenvalue weighted by Gasteiger charge is -2.08. The van der Waals surface area contributed by atoms with Gasteiger partial charge in [0.1, 0.15) is 5.00 Å². The number of rotatable bonds is 3. The van der Waals surface area contributed by atoms with Gasteiger partial charge in [0.15, 0.2) is 0 Å². The standard InChI is InChI=1S/C18H20N2O2S/c1-19-17(22)15-13-10-6-3-7-11-14(13)23-18(15)20-16(21)12-8-4-2-5-9-12/h2,4-5,8-9H,3,6-7,10-11H2,1H3,(H,19,22)(H,20,21). The summed E-state index contributed by atoms with van der Waals surface area (Å²) >= 11 is 1.55. The highest BCUT2D eigenvalue weighted by Crippen LogP contribution is 2.37. The van der Waals surface area contributed by atoms with E-state index in [9.17, 15) is 9.59 Å². The molecule has 0 radical (unpaired) electrons. The van der Waals surface area contributed by atoms with Crippen LogP contribution in [0.2, 0.25) is 0 Å². The maximum absolute atomic E-state index is 12.4. The van der Waals surface area contributed by atoms with Gasteiger partial charge >= 0.3 is 0 Å². The normalized spacial score (nSPS) is 13.8. The van der Waals surface area contributed by atoms with E-state index >= 15 is 0 Å². The van der Waals surface area contributed by atoms with Crippen LogP contribution in [0.15, 0.2) is 30.3 Å². The lowest BCUT2D eigenvalue weighted by atomic mass is 10.0. The van der Waals surface area contributed by atoms with E-state index in [-0.39, 0.29) is 11.8 Å². The quantitative estimate of drug-likeness (QED) is 0.845. The number of amides is 2. The molecule has 2 N–H and O–H groups in total. The first-order chi connectivity index (χ1) is 11.2. The van der Waals surface area contributed by atoms with E-state index in [4.69, 9.17) is 0 Å². The summed E-state index contributed by atoms with van der Waals surface area (Å²) < 4.78 is 0. The molecule has 0 aliphatic heterocycles. The van der Waals surface area contributed by atoms with Gasteiger partial charge in [-0.1, -0.05) is 24.6 Å². The SMILES string of the molecule is CNC(=O)c1c(NC(=O)c2ccccc2)sc2c1CCCCC2. The Kier molecular flexibility index (Phi) is 4.76. The molecule has 2 amide bonds. The molecular formula is C18H20N2O2S. The zero-order valence-electron chi connectivity index (χ0n) is 13.1. The monoisotopic (exact) mass is 328 g/mol. The summed E-state index contributed by atoms with van der Waals surface area (Å²) in [5.41, 5.74) is 2.37. The van der Waals surface area contributed by atoms with Crippen molar-refractivity contribution in [3.63, 3.8) is 0 Å². The van der Waals surface area contributed by atoms with Crippen LogP contribution in [0.4, 0.5) is 5.00 Å². The first-order valence-electron chi connectivity index (χ1n) is 7.93. The number of anilines is 1. The minimum absolute atomic E-state index is 0.118. The number of fused-ring (bicyclic) bond motifs is 1. The van der Waals surface area contributed by atoms with Crippen LogP contribution in [0.1, 0.15) is 50.4 Å². The number of thiophene rings is 1. The third kappa shape index (κ3) is 3.29. The third-order valence-corrected chi connectivity index (χ3v) is 5.35. The van der Waals surface area contributed by atoms with E-state index in [0.29, 0.717) is 16.1 Å². The highest BCUT2D eigenvalue weighted by molar-refractivity contribution is 7.17. The summed E-state index contributed by atoms with van der Waals surface area (Å²) in [5.74, 6) is -0.292. The molecule has 2 aromatic rings. The topological polar surface area (TPSA) is 58.2 Å². The Labute approximate surface area is 139 Å². The van der Waals surface area contributed by atoms with E-state index in [1.165, 1.54) is 11.3 Å². The zero-order valence-corrected chi connectivity index (χ0v) is 14.0. The molecule has 1 aliphatic rings. The van der Waals surface area contributed by atoms with Crippen molar-refractivity contribution in [3.8, 4) is 0 Å². The molecule has 1 aromatic carbocycles. The smallest absolute Gasteiger partial charge is 0.256 e. The van der Waals surface area contributed by atoms with Crippen molar-refractivity contribution in [2.24, 2.45) is 0 Å². The van der Waals surface area contributed by atoms with Crippen LogP contribution in [0.3, 0.4) is 0 Å². The fourth-order valence-corrected chi connectivity index (χ4v) is 4.24. The second-order valence-electron chi connectivity index (χ2n) is 5.67. The fourth-order valence-electron chi connectivity index (χ4n) is 2.96. The van der Waals surface area contributed by atoms with E-state index < -0.39 is 0 Å². The van der Waals surface area contributed by atoms with Crippen molar-refractivity contribution in [2.45, 2.75) is 32.1 Å². The molecule has 0 saturated carbocycles. The summed E-state index contributed by atoms with van der Waals surface area (Å²) in [6, 6.07) is 9.08. The average Bonchev–Trinajstić information content (AvgIpc) is 2.76. The highest BCUT2D eigenvalue weighted by Gasteiger charge is 2.25. The maximum atomic E-state index is 12.4. The van der Waals surface area contributed by atoms with E-state index in [1.54, 1.807) is 30.5 Å². The number of nitrogens with one attached hydrogen (secondary N) is 2. The summed E-state index contributed by atoms with van der Waals surface area (Å²) in [6.07, 6.45) is 5.34. The summed E-state index contributed by atoms with van der Waals surface area (Å²) in [4.78, 5) is 26.0. The second kappa shape index (κ2) is 6.96. The van der Waals surface area contributed by atoms with Crippen molar-refractivity contribution in [1.82, 2.24) is 5.32 Å². The Morgan fingerprint density at radius 1 is 1.00 bits per heavy atom. The van der Waals surface area contributed by atoms with Crippen LogP contribution in [0, 0.1) is 0 Å². The second-order valence-corrected chi connectivity index (χ2v) is 6.77. The van der Waals surface area contributed by atoms with Gasteiger partial charge in [0, 0.05) is 17.5 Å². The molecule has 5 heteroatoms. The minimum atomic E-state index is -0.174. The van der Waals surface area contributed by atoms with Crippen molar-refractivity contribution in [1.29, 1.82) is 0 Å². The predicted octanol–water partition coefficient (Wildman–Crippen LogP) is 3.63. The van der Waals surface area contributed by atoms with Crippen LogP contribution in [0.5, 0.6) is 0 Å². The molecule has 4 nitrogen and oxygen atoms in total. The van der Waals surface area contributed by atoms with Crippen molar-refractivity contribution in [2.75, 3.05) is 12.4 Å². The Hall–Kier alpha value is -2.14. The Morgan fingerprint density at radius 3 is 2.48 bits per heavy atom. The molecule has 1 aliphatic carbocycles. The molecule has 1 heterocycles. The molecule has 1 aromatic heterocycles. The van der Waals surface area contributed by atoms with Gasteiger partial charge in [-0.3, -0.25) is 9.59 Å². The van der Waals surface area contributed by atoms with Crippen LogP contribution in [-0.2, 0) is 12.8 Å². The molecule has 0 saturated heterocycles. The fraction of sp³-hybridized carbons (Fsp3) is 0.333. The van der Waals surface area contributed by atoms with E-state index in [2.05, 4.69) is 10.6 Å². The molecular weight excluding hydrogens is 308 g/mol.